The average molecular weight is 400 g/mol. The summed E-state index contributed by atoms with van der Waals surface area (Å²) in [6, 6.07) is 11.2. The molecule has 8 heteroatoms. The second kappa shape index (κ2) is 7.81. The highest BCUT2D eigenvalue weighted by atomic mass is 16.5. The lowest BCUT2D eigenvalue weighted by Gasteiger charge is -2.10. The number of rotatable bonds is 4. The fourth-order valence-electron chi connectivity index (χ4n) is 2.82. The van der Waals surface area contributed by atoms with Gasteiger partial charge in [-0.1, -0.05) is 11.8 Å². The molecular weight excluding hydrogens is 380 g/mol. The number of nitrogens with zero attached hydrogens (tertiary/aromatic N) is 5. The van der Waals surface area contributed by atoms with E-state index in [-0.39, 0.29) is 0 Å². The molecule has 3 aromatic heterocycles. The summed E-state index contributed by atoms with van der Waals surface area (Å²) in [5.41, 5.74) is 1.26. The van der Waals surface area contributed by atoms with Crippen molar-refractivity contribution in [2.45, 2.75) is 19.4 Å². The molecule has 0 amide bonds. The molecule has 0 bridgehead atoms. The van der Waals surface area contributed by atoms with Gasteiger partial charge in [-0.05, 0) is 44.2 Å². The highest BCUT2D eigenvalue weighted by molar-refractivity contribution is 5.81. The van der Waals surface area contributed by atoms with Gasteiger partial charge in [0.25, 0.3) is 0 Å². The molecule has 0 atom stereocenters. The van der Waals surface area contributed by atoms with Crippen LogP contribution in [0.2, 0.25) is 0 Å². The van der Waals surface area contributed by atoms with Crippen LogP contribution >= 0.6 is 0 Å². The van der Waals surface area contributed by atoms with Crippen molar-refractivity contribution in [1.29, 1.82) is 0 Å². The van der Waals surface area contributed by atoms with E-state index in [0.29, 0.717) is 23.2 Å². The molecule has 0 radical (unpaired) electrons. The van der Waals surface area contributed by atoms with Crippen LogP contribution in [0.5, 0.6) is 5.88 Å². The van der Waals surface area contributed by atoms with E-state index in [9.17, 15) is 5.11 Å². The first-order valence-electron chi connectivity index (χ1n) is 9.25. The SMILES string of the molecule is COc1ncccc1Nc1cc(-n2ncc3ccc(C#CC(C)(C)O)cc32)ncn1. The predicted molar refractivity (Wildman–Crippen MR) is 114 cm³/mol. The first-order chi connectivity index (χ1) is 14.4. The number of hydrogen-bond donors (Lipinski definition) is 2. The van der Waals surface area contributed by atoms with Gasteiger partial charge in [0, 0.05) is 23.2 Å². The van der Waals surface area contributed by atoms with E-state index in [1.54, 1.807) is 44.1 Å². The fraction of sp³-hybridized carbons (Fsp3) is 0.182. The van der Waals surface area contributed by atoms with Crippen LogP contribution in [0, 0.1) is 11.8 Å². The van der Waals surface area contributed by atoms with E-state index in [0.717, 1.165) is 16.5 Å². The number of nitrogens with one attached hydrogen (secondary N) is 1. The van der Waals surface area contributed by atoms with E-state index < -0.39 is 5.60 Å². The summed E-state index contributed by atoms with van der Waals surface area (Å²) in [4.78, 5) is 12.8. The quantitative estimate of drug-likeness (QED) is 0.508. The zero-order valence-corrected chi connectivity index (χ0v) is 16.8. The Morgan fingerprint density at radius 2 is 2.00 bits per heavy atom. The Balaban J connectivity index is 1.70. The van der Waals surface area contributed by atoms with Gasteiger partial charge >= 0.3 is 0 Å². The Hall–Kier alpha value is -3.96. The van der Waals surface area contributed by atoms with Crippen LogP contribution in [0.3, 0.4) is 0 Å². The molecule has 4 rings (SSSR count). The third-order valence-corrected chi connectivity index (χ3v) is 4.18. The van der Waals surface area contributed by atoms with Crippen LogP contribution in [-0.2, 0) is 0 Å². The number of methoxy groups -OCH3 is 1. The van der Waals surface area contributed by atoms with Gasteiger partial charge in [-0.25, -0.2) is 19.6 Å². The summed E-state index contributed by atoms with van der Waals surface area (Å²) in [6.45, 7) is 3.30. The summed E-state index contributed by atoms with van der Waals surface area (Å²) in [5, 5.41) is 18.4. The van der Waals surface area contributed by atoms with Crippen molar-refractivity contribution in [1.82, 2.24) is 24.7 Å². The van der Waals surface area contributed by atoms with E-state index in [1.165, 1.54) is 6.33 Å². The van der Waals surface area contributed by atoms with Gasteiger partial charge in [0.15, 0.2) is 5.82 Å². The van der Waals surface area contributed by atoms with Crippen LogP contribution in [-0.4, -0.2) is 42.5 Å². The Morgan fingerprint density at radius 3 is 2.80 bits per heavy atom. The standard InChI is InChI=1S/C22H20N6O2/c1-22(2,29)9-8-15-6-7-16-13-26-28(18(16)11-15)20-12-19(24-14-25-20)27-17-5-4-10-23-21(17)30-3/h4-7,10-14,29H,1-3H3,(H,24,25,27). The average Bonchev–Trinajstić information content (AvgIpc) is 3.16. The minimum absolute atomic E-state index is 0.470. The third-order valence-electron chi connectivity index (χ3n) is 4.18. The number of anilines is 2. The summed E-state index contributed by atoms with van der Waals surface area (Å²) in [7, 11) is 1.56. The van der Waals surface area contributed by atoms with E-state index >= 15 is 0 Å². The first kappa shape index (κ1) is 19.4. The van der Waals surface area contributed by atoms with Crippen molar-refractivity contribution < 1.29 is 9.84 Å². The fourth-order valence-corrected chi connectivity index (χ4v) is 2.82. The molecule has 0 fully saturated rings. The van der Waals surface area contributed by atoms with Crippen molar-refractivity contribution in [2.75, 3.05) is 12.4 Å². The third kappa shape index (κ3) is 4.21. The van der Waals surface area contributed by atoms with E-state index in [4.69, 9.17) is 4.74 Å². The maximum atomic E-state index is 9.85. The topological polar surface area (TPSA) is 98.0 Å². The normalized spacial score (nSPS) is 11.1. The predicted octanol–water partition coefficient (Wildman–Crippen LogP) is 3.09. The van der Waals surface area contributed by atoms with Gasteiger partial charge in [-0.3, -0.25) is 0 Å². The Bertz CT molecular complexity index is 1260. The molecule has 30 heavy (non-hydrogen) atoms. The van der Waals surface area contributed by atoms with Crippen LogP contribution < -0.4 is 10.1 Å². The van der Waals surface area contributed by atoms with Crippen LogP contribution in [0.25, 0.3) is 16.7 Å². The second-order valence-corrected chi connectivity index (χ2v) is 7.09. The van der Waals surface area contributed by atoms with Crippen molar-refractivity contribution in [3.05, 3.63) is 60.7 Å². The molecule has 3 heterocycles. The summed E-state index contributed by atoms with van der Waals surface area (Å²) < 4.78 is 6.99. The first-order valence-corrected chi connectivity index (χ1v) is 9.25. The maximum Gasteiger partial charge on any atom is 0.237 e. The highest BCUT2D eigenvalue weighted by Crippen LogP contribution is 2.25. The smallest absolute Gasteiger partial charge is 0.237 e. The van der Waals surface area contributed by atoms with Gasteiger partial charge < -0.3 is 15.2 Å². The molecule has 0 saturated heterocycles. The molecule has 2 N–H and O–H groups in total. The number of ether oxygens (including phenoxy) is 1. The summed E-state index contributed by atoms with van der Waals surface area (Å²) in [6.07, 6.45) is 4.89. The van der Waals surface area contributed by atoms with E-state index in [2.05, 4.69) is 37.2 Å². The van der Waals surface area contributed by atoms with Crippen LogP contribution in [0.1, 0.15) is 19.4 Å². The molecule has 0 spiro atoms. The Kier molecular flexibility index (Phi) is 5.04. The van der Waals surface area contributed by atoms with Gasteiger partial charge in [0.2, 0.25) is 5.88 Å². The summed E-state index contributed by atoms with van der Waals surface area (Å²) >= 11 is 0. The van der Waals surface area contributed by atoms with Crippen LogP contribution in [0.15, 0.2) is 55.1 Å². The molecule has 4 aromatic rings. The molecule has 1 aromatic carbocycles. The molecular formula is C22H20N6O2. The van der Waals surface area contributed by atoms with Crippen molar-refractivity contribution >= 4 is 22.4 Å². The lowest BCUT2D eigenvalue weighted by Crippen LogP contribution is -2.14. The number of aliphatic hydroxyl groups is 1. The van der Waals surface area contributed by atoms with Crippen LogP contribution in [0.4, 0.5) is 11.5 Å². The zero-order valence-electron chi connectivity index (χ0n) is 16.8. The molecule has 0 unspecified atom stereocenters. The lowest BCUT2D eigenvalue weighted by atomic mass is 10.1. The minimum atomic E-state index is -1.06. The number of fused-ring (bicyclic) bond motifs is 1. The molecule has 0 aliphatic heterocycles. The van der Waals surface area contributed by atoms with Gasteiger partial charge in [0.1, 0.15) is 23.4 Å². The van der Waals surface area contributed by atoms with Gasteiger partial charge in [-0.15, -0.1) is 0 Å². The van der Waals surface area contributed by atoms with Gasteiger partial charge in [0.05, 0.1) is 18.8 Å². The number of pyridine rings is 1. The summed E-state index contributed by atoms with van der Waals surface area (Å²) in [5.74, 6) is 7.46. The largest absolute Gasteiger partial charge is 0.480 e. The van der Waals surface area contributed by atoms with E-state index in [1.807, 2.05) is 30.3 Å². The molecule has 0 aliphatic carbocycles. The molecule has 150 valence electrons. The number of benzene rings is 1. The zero-order chi connectivity index (χ0) is 21.1. The molecule has 0 aliphatic rings. The Labute approximate surface area is 173 Å². The second-order valence-electron chi connectivity index (χ2n) is 7.09. The van der Waals surface area contributed by atoms with Crippen molar-refractivity contribution in [3.8, 4) is 23.5 Å². The maximum absolute atomic E-state index is 9.85. The van der Waals surface area contributed by atoms with Crippen molar-refractivity contribution in [2.24, 2.45) is 0 Å². The van der Waals surface area contributed by atoms with Gasteiger partial charge in [-0.2, -0.15) is 5.10 Å². The molecule has 0 saturated carbocycles. The number of hydrogen-bond acceptors (Lipinski definition) is 7. The molecule has 8 nitrogen and oxygen atoms in total. The number of aromatic nitrogens is 5. The highest BCUT2D eigenvalue weighted by Gasteiger charge is 2.10. The Morgan fingerprint density at radius 1 is 1.13 bits per heavy atom. The van der Waals surface area contributed by atoms with Crippen molar-refractivity contribution in [3.63, 3.8) is 0 Å². The minimum Gasteiger partial charge on any atom is -0.480 e. The monoisotopic (exact) mass is 400 g/mol. The lowest BCUT2D eigenvalue weighted by molar-refractivity contribution is 0.143.